The van der Waals surface area contributed by atoms with Crippen LogP contribution in [0, 0.1) is 22.7 Å². The van der Waals surface area contributed by atoms with Crippen molar-refractivity contribution < 1.29 is 14.3 Å². The average molecular weight is 274 g/mol. The zero-order chi connectivity index (χ0) is 14.7. The van der Waals surface area contributed by atoms with Crippen LogP contribution in [0.2, 0.25) is 0 Å². The molecule has 5 atom stereocenters. The highest BCUT2D eigenvalue weighted by Gasteiger charge is 2.65. The summed E-state index contributed by atoms with van der Waals surface area (Å²) in [5.74, 6) is 0.532. The molecule has 0 amide bonds. The number of ketones is 1. The summed E-state index contributed by atoms with van der Waals surface area (Å²) in [7, 11) is 0. The molecule has 3 heteroatoms. The normalized spacial score (nSPS) is 42.7. The van der Waals surface area contributed by atoms with E-state index in [-0.39, 0.29) is 29.0 Å². The first kappa shape index (κ1) is 13.6. The number of carbonyl (C=O) groups is 1. The molecular formula is C17H22O3. The molecule has 3 rings (SSSR count). The number of hydrogen-bond donors (Lipinski definition) is 1. The van der Waals surface area contributed by atoms with E-state index >= 15 is 0 Å². The number of furan rings is 1. The van der Waals surface area contributed by atoms with Gasteiger partial charge in [0.25, 0.3) is 0 Å². The molecule has 1 N–H and O–H groups in total. The van der Waals surface area contributed by atoms with E-state index in [1.165, 1.54) is 0 Å². The van der Waals surface area contributed by atoms with Crippen LogP contribution in [0.25, 0.3) is 0 Å². The fourth-order valence-corrected chi connectivity index (χ4v) is 4.89. The molecule has 1 aromatic rings. The van der Waals surface area contributed by atoms with Gasteiger partial charge in [-0.3, -0.25) is 4.79 Å². The molecule has 2 fully saturated rings. The van der Waals surface area contributed by atoms with Crippen LogP contribution in [-0.4, -0.2) is 17.0 Å². The maximum Gasteiger partial charge on any atom is 0.144 e. The van der Waals surface area contributed by atoms with Gasteiger partial charge in [-0.25, -0.2) is 0 Å². The predicted octanol–water partition coefficient (Wildman–Crippen LogP) is 3.16. The minimum absolute atomic E-state index is 0.0333. The van der Waals surface area contributed by atoms with Gasteiger partial charge in [-0.2, -0.15) is 0 Å². The highest BCUT2D eigenvalue weighted by Crippen LogP contribution is 2.65. The highest BCUT2D eigenvalue weighted by molar-refractivity contribution is 5.89. The third-order valence-electron chi connectivity index (χ3n) is 5.67. The Morgan fingerprint density at radius 2 is 2.15 bits per heavy atom. The van der Waals surface area contributed by atoms with Crippen LogP contribution in [0.1, 0.15) is 38.9 Å². The van der Waals surface area contributed by atoms with Crippen LogP contribution in [0.3, 0.4) is 0 Å². The number of aliphatic hydroxyl groups is 1. The number of allylic oxidation sites excluding steroid dienone is 1. The second kappa shape index (κ2) is 4.08. The van der Waals surface area contributed by atoms with Gasteiger partial charge in [-0.1, -0.05) is 26.8 Å². The summed E-state index contributed by atoms with van der Waals surface area (Å²) >= 11 is 0. The monoisotopic (exact) mass is 274 g/mol. The smallest absolute Gasteiger partial charge is 0.144 e. The molecule has 0 spiro atoms. The maximum atomic E-state index is 12.7. The van der Waals surface area contributed by atoms with Crippen LogP contribution in [0.5, 0.6) is 0 Å². The molecule has 0 aromatic carbocycles. The van der Waals surface area contributed by atoms with Crippen molar-refractivity contribution in [2.24, 2.45) is 22.7 Å². The second-order valence-electron chi connectivity index (χ2n) is 7.10. The van der Waals surface area contributed by atoms with Gasteiger partial charge in [-0.05, 0) is 29.9 Å². The Morgan fingerprint density at radius 3 is 2.70 bits per heavy atom. The lowest BCUT2D eigenvalue weighted by molar-refractivity contribution is -0.140. The van der Waals surface area contributed by atoms with Gasteiger partial charge < -0.3 is 9.52 Å². The van der Waals surface area contributed by atoms with Crippen molar-refractivity contribution >= 4 is 5.78 Å². The Hall–Kier alpha value is -1.35. The molecule has 3 nitrogen and oxygen atoms in total. The van der Waals surface area contributed by atoms with E-state index < -0.39 is 11.5 Å². The van der Waals surface area contributed by atoms with Gasteiger partial charge in [0.2, 0.25) is 0 Å². The summed E-state index contributed by atoms with van der Waals surface area (Å²) in [4.78, 5) is 12.7. The first-order valence-electron chi connectivity index (χ1n) is 7.22. The SMILES string of the molecule is C=C[C@H]1C(C)(C)C(=O)[C@H]2C[C@]1(C)[C@@H](c1ccco1)C2O. The molecular weight excluding hydrogens is 252 g/mol. The van der Waals surface area contributed by atoms with Crippen molar-refractivity contribution in [1.82, 2.24) is 0 Å². The summed E-state index contributed by atoms with van der Waals surface area (Å²) in [5, 5.41) is 10.7. The van der Waals surface area contributed by atoms with Crippen molar-refractivity contribution in [1.29, 1.82) is 0 Å². The summed E-state index contributed by atoms with van der Waals surface area (Å²) in [6.07, 6.45) is 3.56. The summed E-state index contributed by atoms with van der Waals surface area (Å²) in [5.41, 5.74) is -0.678. The van der Waals surface area contributed by atoms with E-state index in [1.54, 1.807) is 6.26 Å². The molecule has 1 unspecified atom stereocenters. The molecule has 0 aliphatic heterocycles. The Morgan fingerprint density at radius 1 is 1.45 bits per heavy atom. The largest absolute Gasteiger partial charge is 0.469 e. The second-order valence-corrected chi connectivity index (χ2v) is 7.10. The van der Waals surface area contributed by atoms with Gasteiger partial charge in [0, 0.05) is 17.3 Å². The number of Topliss-reactive ketones (excluding diaryl/α,β-unsaturated/α-hetero) is 1. The number of carbonyl (C=O) groups excluding carboxylic acids is 1. The first-order valence-corrected chi connectivity index (χ1v) is 7.22. The lowest BCUT2D eigenvalue weighted by Gasteiger charge is -2.47. The quantitative estimate of drug-likeness (QED) is 0.843. The number of hydrogen-bond acceptors (Lipinski definition) is 3. The van der Waals surface area contributed by atoms with E-state index in [1.807, 2.05) is 32.1 Å². The molecule has 2 aliphatic rings. The van der Waals surface area contributed by atoms with Crippen molar-refractivity contribution in [3.8, 4) is 0 Å². The van der Waals surface area contributed by atoms with Crippen LogP contribution in [0.15, 0.2) is 35.5 Å². The average Bonchev–Trinajstić information content (AvgIpc) is 2.94. The van der Waals surface area contributed by atoms with Gasteiger partial charge in [0.1, 0.15) is 11.5 Å². The molecule has 20 heavy (non-hydrogen) atoms. The lowest BCUT2D eigenvalue weighted by atomic mass is 9.55. The lowest BCUT2D eigenvalue weighted by Crippen LogP contribution is -2.48. The van der Waals surface area contributed by atoms with Gasteiger partial charge in [0.15, 0.2) is 0 Å². The molecule has 1 heterocycles. The fourth-order valence-electron chi connectivity index (χ4n) is 4.89. The van der Waals surface area contributed by atoms with Crippen molar-refractivity contribution in [2.75, 3.05) is 0 Å². The number of fused-ring (bicyclic) bond motifs is 2. The Labute approximate surface area is 119 Å². The number of aliphatic hydroxyl groups excluding tert-OH is 1. The van der Waals surface area contributed by atoms with E-state index in [4.69, 9.17) is 4.42 Å². The van der Waals surface area contributed by atoms with Crippen molar-refractivity contribution in [2.45, 2.75) is 39.2 Å². The highest BCUT2D eigenvalue weighted by atomic mass is 16.3. The molecule has 2 aliphatic carbocycles. The Kier molecular flexibility index (Phi) is 2.78. The molecule has 1 aromatic heterocycles. The molecule has 0 saturated heterocycles. The van der Waals surface area contributed by atoms with E-state index in [9.17, 15) is 9.90 Å². The zero-order valence-electron chi connectivity index (χ0n) is 12.3. The zero-order valence-corrected chi connectivity index (χ0v) is 12.3. The Balaban J connectivity index is 2.16. The minimum Gasteiger partial charge on any atom is -0.469 e. The third-order valence-corrected chi connectivity index (χ3v) is 5.67. The van der Waals surface area contributed by atoms with E-state index in [2.05, 4.69) is 13.5 Å². The summed E-state index contributed by atoms with van der Waals surface area (Å²) in [6.45, 7) is 10.1. The summed E-state index contributed by atoms with van der Waals surface area (Å²) in [6, 6.07) is 3.74. The first-order chi connectivity index (χ1) is 9.34. The predicted molar refractivity (Wildman–Crippen MR) is 76.1 cm³/mol. The Bertz CT molecular complexity index is 543. The molecule has 0 radical (unpaired) electrons. The molecule has 2 bridgehead atoms. The standard InChI is InChI=1S/C17H22O3/c1-5-12-16(2,3)15(19)10-9-17(12,4)13(14(10)18)11-7-6-8-20-11/h5-8,10,12-14,18H,1,9H2,2-4H3/t10-,12-,13-,14?,17-/m0/s1. The maximum absolute atomic E-state index is 12.7. The van der Waals surface area contributed by atoms with E-state index in [0.717, 1.165) is 5.76 Å². The van der Waals surface area contributed by atoms with Crippen LogP contribution < -0.4 is 0 Å². The van der Waals surface area contributed by atoms with Crippen molar-refractivity contribution in [3.05, 3.63) is 36.8 Å². The van der Waals surface area contributed by atoms with Crippen LogP contribution in [0.4, 0.5) is 0 Å². The van der Waals surface area contributed by atoms with Crippen LogP contribution >= 0.6 is 0 Å². The minimum atomic E-state index is -0.664. The van der Waals surface area contributed by atoms with Gasteiger partial charge in [-0.15, -0.1) is 6.58 Å². The molecule has 108 valence electrons. The molecule has 2 saturated carbocycles. The summed E-state index contributed by atoms with van der Waals surface area (Å²) < 4.78 is 5.55. The van der Waals surface area contributed by atoms with Crippen molar-refractivity contribution in [3.63, 3.8) is 0 Å². The van der Waals surface area contributed by atoms with Crippen LogP contribution in [-0.2, 0) is 4.79 Å². The fraction of sp³-hybridized carbons (Fsp3) is 0.588. The van der Waals surface area contributed by atoms with E-state index in [0.29, 0.717) is 6.42 Å². The van der Waals surface area contributed by atoms with Gasteiger partial charge in [0.05, 0.1) is 12.4 Å². The number of rotatable bonds is 2. The third kappa shape index (κ3) is 1.47. The topological polar surface area (TPSA) is 50.4 Å². The van der Waals surface area contributed by atoms with Gasteiger partial charge >= 0.3 is 0 Å².